The normalized spacial score (nSPS) is 12.9. The van der Waals surface area contributed by atoms with Crippen LogP contribution < -0.4 is 4.74 Å². The summed E-state index contributed by atoms with van der Waals surface area (Å²) >= 11 is 0.936. The third-order valence-electron chi connectivity index (χ3n) is 1.69. The van der Waals surface area contributed by atoms with Gasteiger partial charge in [0.15, 0.2) is 5.69 Å². The lowest BCUT2D eigenvalue weighted by atomic mass is 10.2. The van der Waals surface area contributed by atoms with Crippen LogP contribution in [0.4, 0.5) is 35.1 Å². The molecule has 0 saturated carbocycles. The predicted octanol–water partition coefficient (Wildman–Crippen LogP) is 4.54. The minimum absolute atomic E-state index is 0.120. The molecule has 0 aromatic carbocycles. The van der Waals surface area contributed by atoms with Crippen molar-refractivity contribution in [1.29, 1.82) is 0 Å². The van der Waals surface area contributed by atoms with Gasteiger partial charge in [0.25, 0.3) is 6.43 Å². The van der Waals surface area contributed by atoms with E-state index in [0.717, 1.165) is 22.6 Å². The third-order valence-corrected chi connectivity index (χ3v) is 2.82. The fourth-order valence-corrected chi connectivity index (χ4v) is 1.86. The Morgan fingerprint density at radius 1 is 1.11 bits per heavy atom. The molecule has 0 aliphatic carbocycles. The highest BCUT2D eigenvalue weighted by molar-refractivity contribution is 14.1. The first-order valence-electron chi connectivity index (χ1n) is 4.23. The largest absolute Gasteiger partial charge is 0.574 e. The van der Waals surface area contributed by atoms with Gasteiger partial charge in [-0.1, -0.05) is 0 Å². The molecule has 11 heteroatoms. The van der Waals surface area contributed by atoms with Crippen LogP contribution in [-0.2, 0) is 6.18 Å². The van der Waals surface area contributed by atoms with Crippen molar-refractivity contribution in [2.45, 2.75) is 19.0 Å². The lowest BCUT2D eigenvalue weighted by Gasteiger charge is -2.15. The van der Waals surface area contributed by atoms with Crippen molar-refractivity contribution in [2.75, 3.05) is 0 Å². The SMILES string of the molecule is FC(F)c1cc(OC(F)(F)F)nc(C(F)(F)F)c1I. The van der Waals surface area contributed by atoms with E-state index in [9.17, 15) is 35.1 Å². The number of hydrogen-bond acceptors (Lipinski definition) is 2. The summed E-state index contributed by atoms with van der Waals surface area (Å²) in [5, 5.41) is 0. The summed E-state index contributed by atoms with van der Waals surface area (Å²) in [5.74, 6) is -1.59. The lowest BCUT2D eigenvalue weighted by molar-refractivity contribution is -0.276. The fourth-order valence-electron chi connectivity index (χ4n) is 1.04. The molecule has 0 radical (unpaired) electrons. The summed E-state index contributed by atoms with van der Waals surface area (Å²) in [4.78, 5) is 2.56. The molecular formula is C8H2F8INO. The van der Waals surface area contributed by atoms with E-state index in [1.807, 2.05) is 0 Å². The number of halogens is 9. The molecule has 1 aromatic heterocycles. The number of alkyl halides is 8. The van der Waals surface area contributed by atoms with E-state index >= 15 is 0 Å². The van der Waals surface area contributed by atoms with E-state index in [1.54, 1.807) is 0 Å². The second-order valence-corrected chi connectivity index (χ2v) is 4.14. The average molecular weight is 407 g/mol. The molecule has 1 aromatic rings. The zero-order chi connectivity index (χ0) is 15.0. The number of ether oxygens (including phenoxy) is 1. The first-order valence-corrected chi connectivity index (χ1v) is 5.31. The molecule has 0 unspecified atom stereocenters. The van der Waals surface area contributed by atoms with Crippen molar-refractivity contribution in [2.24, 2.45) is 0 Å². The highest BCUT2D eigenvalue weighted by Crippen LogP contribution is 2.38. The van der Waals surface area contributed by atoms with Crippen molar-refractivity contribution < 1.29 is 39.9 Å². The van der Waals surface area contributed by atoms with Gasteiger partial charge < -0.3 is 4.74 Å². The molecule has 0 aliphatic rings. The van der Waals surface area contributed by atoms with Crippen LogP contribution in [0.1, 0.15) is 17.7 Å². The standard InChI is InChI=1S/C8H2F8INO/c9-6(10)2-1-3(19-8(14,15)16)18-5(4(2)17)7(11,12)13/h1,6H. The van der Waals surface area contributed by atoms with Crippen LogP contribution in [0.25, 0.3) is 0 Å². The molecule has 108 valence electrons. The zero-order valence-electron chi connectivity index (χ0n) is 8.41. The molecular weight excluding hydrogens is 405 g/mol. The summed E-state index contributed by atoms with van der Waals surface area (Å²) in [6.45, 7) is 0. The Kier molecular flexibility index (Phi) is 4.47. The lowest BCUT2D eigenvalue weighted by Crippen LogP contribution is -2.20. The minimum Gasteiger partial charge on any atom is -0.388 e. The minimum atomic E-state index is -5.33. The van der Waals surface area contributed by atoms with Gasteiger partial charge in [0.05, 0.1) is 3.57 Å². The first-order chi connectivity index (χ1) is 8.42. The van der Waals surface area contributed by atoms with E-state index in [2.05, 4.69) is 9.72 Å². The highest BCUT2D eigenvalue weighted by atomic mass is 127. The van der Waals surface area contributed by atoms with Gasteiger partial charge in [0, 0.05) is 11.6 Å². The monoisotopic (exact) mass is 407 g/mol. The number of hydrogen-bond donors (Lipinski definition) is 0. The smallest absolute Gasteiger partial charge is 0.388 e. The summed E-state index contributed by atoms with van der Waals surface area (Å²) in [6, 6.07) is 0.120. The third kappa shape index (κ3) is 4.31. The molecule has 0 amide bonds. The van der Waals surface area contributed by atoms with Crippen LogP contribution in [0.15, 0.2) is 6.07 Å². The maximum absolute atomic E-state index is 12.5. The first kappa shape index (κ1) is 16.2. The number of aromatic nitrogens is 1. The Balaban J connectivity index is 3.40. The molecule has 0 bridgehead atoms. The van der Waals surface area contributed by atoms with Crippen LogP contribution in [0.5, 0.6) is 5.88 Å². The predicted molar refractivity (Wildman–Crippen MR) is 53.6 cm³/mol. The molecule has 0 atom stereocenters. The average Bonchev–Trinajstić information content (AvgIpc) is 2.16. The van der Waals surface area contributed by atoms with E-state index in [4.69, 9.17) is 0 Å². The number of rotatable bonds is 2. The van der Waals surface area contributed by atoms with Crippen molar-refractivity contribution >= 4 is 22.6 Å². The van der Waals surface area contributed by atoms with E-state index in [-0.39, 0.29) is 6.07 Å². The summed E-state index contributed by atoms with van der Waals surface area (Å²) in [5.41, 5.74) is -3.09. The van der Waals surface area contributed by atoms with Gasteiger partial charge in [-0.3, -0.25) is 0 Å². The van der Waals surface area contributed by atoms with Gasteiger partial charge in [0.1, 0.15) is 0 Å². The summed E-state index contributed by atoms with van der Waals surface area (Å²) < 4.78 is 100. The van der Waals surface area contributed by atoms with Gasteiger partial charge in [-0.15, -0.1) is 13.2 Å². The van der Waals surface area contributed by atoms with Crippen molar-refractivity contribution in [3.05, 3.63) is 20.9 Å². The fraction of sp³-hybridized carbons (Fsp3) is 0.375. The maximum Gasteiger partial charge on any atom is 0.574 e. The summed E-state index contributed by atoms with van der Waals surface area (Å²) in [6.07, 6.45) is -13.9. The topological polar surface area (TPSA) is 22.1 Å². The van der Waals surface area contributed by atoms with Crippen LogP contribution in [0.2, 0.25) is 0 Å². The quantitative estimate of drug-likeness (QED) is 0.531. The van der Waals surface area contributed by atoms with Gasteiger partial charge in [-0.05, 0) is 22.6 Å². The van der Waals surface area contributed by atoms with Gasteiger partial charge in [-0.2, -0.15) is 13.2 Å². The molecule has 2 nitrogen and oxygen atoms in total. The Morgan fingerprint density at radius 2 is 1.63 bits per heavy atom. The van der Waals surface area contributed by atoms with Crippen molar-refractivity contribution in [1.82, 2.24) is 4.98 Å². The van der Waals surface area contributed by atoms with Gasteiger partial charge in [0.2, 0.25) is 5.88 Å². The zero-order valence-corrected chi connectivity index (χ0v) is 10.6. The van der Waals surface area contributed by atoms with Gasteiger partial charge >= 0.3 is 12.5 Å². The van der Waals surface area contributed by atoms with E-state index in [0.29, 0.717) is 0 Å². The molecule has 0 spiro atoms. The van der Waals surface area contributed by atoms with E-state index in [1.165, 1.54) is 0 Å². The van der Waals surface area contributed by atoms with Crippen LogP contribution in [0.3, 0.4) is 0 Å². The number of pyridine rings is 1. The Hall–Kier alpha value is -0.880. The molecule has 0 aliphatic heterocycles. The Morgan fingerprint density at radius 3 is 2.00 bits per heavy atom. The molecule has 0 N–H and O–H groups in total. The Bertz CT molecular complexity index is 469. The number of nitrogens with zero attached hydrogens (tertiary/aromatic N) is 1. The van der Waals surface area contributed by atoms with Crippen molar-refractivity contribution in [3.63, 3.8) is 0 Å². The molecule has 19 heavy (non-hydrogen) atoms. The molecule has 1 rings (SSSR count). The van der Waals surface area contributed by atoms with Gasteiger partial charge in [-0.25, -0.2) is 13.8 Å². The van der Waals surface area contributed by atoms with Crippen LogP contribution in [-0.4, -0.2) is 11.3 Å². The highest BCUT2D eigenvalue weighted by Gasteiger charge is 2.39. The molecule has 0 saturated heterocycles. The second kappa shape index (κ2) is 5.25. The second-order valence-electron chi connectivity index (χ2n) is 3.06. The molecule has 1 heterocycles. The maximum atomic E-state index is 12.5. The van der Waals surface area contributed by atoms with Crippen LogP contribution >= 0.6 is 22.6 Å². The molecule has 0 fully saturated rings. The summed E-state index contributed by atoms with van der Waals surface area (Å²) in [7, 11) is 0. The van der Waals surface area contributed by atoms with Crippen molar-refractivity contribution in [3.8, 4) is 5.88 Å². The van der Waals surface area contributed by atoms with E-state index < -0.39 is 39.7 Å². The Labute approximate surface area is 113 Å². The van der Waals surface area contributed by atoms with Crippen LogP contribution in [0, 0.1) is 3.57 Å².